The number of aromatic nitrogens is 1. The zero-order chi connectivity index (χ0) is 18.1. The van der Waals surface area contributed by atoms with E-state index >= 15 is 0 Å². The second-order valence-corrected chi connectivity index (χ2v) is 7.20. The average Bonchev–Trinajstić information content (AvgIpc) is 3.29. The Morgan fingerprint density at radius 1 is 1.27 bits per heavy atom. The van der Waals surface area contributed by atoms with E-state index in [9.17, 15) is 4.79 Å². The first-order valence-corrected chi connectivity index (χ1v) is 9.56. The topological polar surface area (TPSA) is 66.6 Å². The summed E-state index contributed by atoms with van der Waals surface area (Å²) < 4.78 is 10.8. The van der Waals surface area contributed by atoms with Crippen LogP contribution in [-0.2, 0) is 6.54 Å². The number of nitrogens with zero attached hydrogens (tertiary/aromatic N) is 1. The number of rotatable bonds is 4. The van der Waals surface area contributed by atoms with Crippen molar-refractivity contribution in [2.24, 2.45) is 0 Å². The lowest BCUT2D eigenvalue weighted by Gasteiger charge is -2.31. The van der Waals surface area contributed by atoms with E-state index in [2.05, 4.69) is 15.2 Å². The lowest BCUT2D eigenvalue weighted by molar-refractivity contribution is 0.174. The van der Waals surface area contributed by atoms with Gasteiger partial charge in [-0.3, -0.25) is 4.79 Å². The van der Waals surface area contributed by atoms with Crippen LogP contribution < -0.4 is 20.3 Å². The molecule has 1 aliphatic carbocycles. The van der Waals surface area contributed by atoms with Crippen molar-refractivity contribution in [3.05, 3.63) is 34.1 Å². The summed E-state index contributed by atoms with van der Waals surface area (Å²) in [5.74, 6) is 1.38. The highest BCUT2D eigenvalue weighted by Gasteiger charge is 2.25. The van der Waals surface area contributed by atoms with Crippen LogP contribution in [0.5, 0.6) is 11.5 Å². The first-order valence-electron chi connectivity index (χ1n) is 9.15. The summed E-state index contributed by atoms with van der Waals surface area (Å²) in [5, 5.41) is 4.90. The minimum absolute atomic E-state index is 0.0846. The molecular weight excluding hydrogens is 350 g/mol. The van der Waals surface area contributed by atoms with Crippen LogP contribution in [0, 0.1) is 0 Å². The Hall–Kier alpha value is -2.28. The van der Waals surface area contributed by atoms with E-state index in [1.165, 1.54) is 12.8 Å². The molecule has 2 aromatic rings. The summed E-state index contributed by atoms with van der Waals surface area (Å²) in [4.78, 5) is 17.8. The summed E-state index contributed by atoms with van der Waals surface area (Å²) >= 11 is 5.58. The van der Waals surface area contributed by atoms with Crippen LogP contribution in [0.3, 0.4) is 0 Å². The molecule has 0 spiro atoms. The predicted octanol–water partition coefficient (Wildman–Crippen LogP) is 2.90. The van der Waals surface area contributed by atoms with E-state index in [0.717, 1.165) is 35.4 Å². The highest BCUT2D eigenvalue weighted by Crippen LogP contribution is 2.35. The predicted molar refractivity (Wildman–Crippen MR) is 105 cm³/mol. The van der Waals surface area contributed by atoms with Crippen LogP contribution in [0.15, 0.2) is 23.0 Å². The molecular formula is C19H23N3O3S. The summed E-state index contributed by atoms with van der Waals surface area (Å²) in [6, 6.07) is 6.07. The third-order valence-corrected chi connectivity index (χ3v) is 5.49. The van der Waals surface area contributed by atoms with Gasteiger partial charge in [0.05, 0.1) is 12.1 Å². The van der Waals surface area contributed by atoms with Gasteiger partial charge in [0.1, 0.15) is 0 Å². The Bertz CT molecular complexity index is 889. The van der Waals surface area contributed by atoms with Crippen LogP contribution in [-0.4, -0.2) is 34.4 Å². The molecule has 1 aromatic carbocycles. The third kappa shape index (κ3) is 3.23. The van der Waals surface area contributed by atoms with Gasteiger partial charge in [-0.05, 0) is 44.1 Å². The highest BCUT2D eigenvalue weighted by atomic mass is 32.1. The first-order chi connectivity index (χ1) is 12.7. The van der Waals surface area contributed by atoms with Crippen LogP contribution in [0.4, 0.5) is 0 Å². The molecule has 0 atom stereocenters. The van der Waals surface area contributed by atoms with Crippen LogP contribution in [0.1, 0.15) is 38.2 Å². The number of hydrogen-bond donors (Lipinski definition) is 2. The number of pyridine rings is 1. The fourth-order valence-corrected chi connectivity index (χ4v) is 4.14. The molecule has 1 aliphatic heterocycles. The molecule has 0 bridgehead atoms. The molecule has 0 radical (unpaired) electrons. The van der Waals surface area contributed by atoms with Gasteiger partial charge in [0, 0.05) is 29.6 Å². The maximum atomic E-state index is 12.6. The molecule has 26 heavy (non-hydrogen) atoms. The van der Waals surface area contributed by atoms with Crippen molar-refractivity contribution in [1.29, 1.82) is 0 Å². The van der Waals surface area contributed by atoms with Gasteiger partial charge in [0.2, 0.25) is 6.79 Å². The second-order valence-electron chi connectivity index (χ2n) is 6.82. The van der Waals surface area contributed by atoms with Gasteiger partial charge in [0.15, 0.2) is 16.6 Å². The van der Waals surface area contributed by atoms with Crippen LogP contribution >= 0.6 is 12.2 Å². The van der Waals surface area contributed by atoms with E-state index in [1.807, 2.05) is 25.1 Å². The Morgan fingerprint density at radius 3 is 2.73 bits per heavy atom. The maximum absolute atomic E-state index is 12.6. The standard InChI is InChI=1S/C19H23N3O3S/c1-2-20-19(26)22(14-5-3-4-6-14)10-13-7-12-8-16-17(25-11-24-16)9-15(12)21-18(13)23/h7-9,14H,2-6,10-11H2,1H3,(H,20,26)(H,21,23). The van der Waals surface area contributed by atoms with Gasteiger partial charge in [-0.1, -0.05) is 12.8 Å². The highest BCUT2D eigenvalue weighted by molar-refractivity contribution is 7.80. The largest absolute Gasteiger partial charge is 0.454 e. The normalized spacial score (nSPS) is 16.2. The van der Waals surface area contributed by atoms with E-state index in [4.69, 9.17) is 21.7 Å². The molecule has 7 heteroatoms. The molecule has 2 heterocycles. The van der Waals surface area contributed by atoms with Crippen molar-refractivity contribution in [3.63, 3.8) is 0 Å². The van der Waals surface area contributed by atoms with Gasteiger partial charge < -0.3 is 24.7 Å². The van der Waals surface area contributed by atoms with Gasteiger partial charge in [-0.2, -0.15) is 0 Å². The SMILES string of the molecule is CCNC(=S)N(Cc1cc2cc3c(cc2[nH]c1=O)OCO3)C1CCCC1. The van der Waals surface area contributed by atoms with Gasteiger partial charge in [0.25, 0.3) is 5.56 Å². The van der Waals surface area contributed by atoms with Crippen LogP contribution in [0.2, 0.25) is 0 Å². The molecule has 1 fully saturated rings. The number of thiocarbonyl (C=S) groups is 1. The quantitative estimate of drug-likeness (QED) is 0.804. The third-order valence-electron chi connectivity index (χ3n) is 5.11. The lowest BCUT2D eigenvalue weighted by Crippen LogP contribution is -2.45. The Balaban J connectivity index is 1.67. The lowest BCUT2D eigenvalue weighted by atomic mass is 10.1. The summed E-state index contributed by atoms with van der Waals surface area (Å²) in [6.45, 7) is 3.54. The number of nitrogens with one attached hydrogen (secondary N) is 2. The number of benzene rings is 1. The zero-order valence-corrected chi connectivity index (χ0v) is 15.7. The second kappa shape index (κ2) is 7.15. The fourth-order valence-electron chi connectivity index (χ4n) is 3.78. The summed E-state index contributed by atoms with van der Waals surface area (Å²) in [5.41, 5.74) is 1.38. The van der Waals surface area contributed by atoms with E-state index in [1.54, 1.807) is 0 Å². The van der Waals surface area contributed by atoms with Gasteiger partial charge in [-0.15, -0.1) is 0 Å². The molecule has 6 nitrogen and oxygen atoms in total. The van der Waals surface area contributed by atoms with Crippen molar-refractivity contribution in [2.75, 3.05) is 13.3 Å². The molecule has 4 rings (SSSR count). The fraction of sp³-hybridized carbons (Fsp3) is 0.474. The molecule has 138 valence electrons. The molecule has 1 saturated carbocycles. The number of ether oxygens (including phenoxy) is 2. The minimum atomic E-state index is -0.0846. The van der Waals surface area contributed by atoms with E-state index in [0.29, 0.717) is 29.6 Å². The van der Waals surface area contributed by atoms with Gasteiger partial charge in [-0.25, -0.2) is 0 Å². The monoisotopic (exact) mass is 373 g/mol. The average molecular weight is 373 g/mol. The smallest absolute Gasteiger partial charge is 0.253 e. The summed E-state index contributed by atoms with van der Waals surface area (Å²) in [7, 11) is 0. The minimum Gasteiger partial charge on any atom is -0.454 e. The zero-order valence-electron chi connectivity index (χ0n) is 14.8. The van der Waals surface area contributed by atoms with Crippen molar-refractivity contribution in [3.8, 4) is 11.5 Å². The molecule has 1 aromatic heterocycles. The molecule has 2 aliphatic rings. The Labute approximate surface area is 157 Å². The first kappa shape index (κ1) is 17.1. The molecule has 0 saturated heterocycles. The Kier molecular flexibility index (Phi) is 4.72. The van der Waals surface area contributed by atoms with Gasteiger partial charge >= 0.3 is 0 Å². The van der Waals surface area contributed by atoms with E-state index in [-0.39, 0.29) is 12.4 Å². The molecule has 2 N–H and O–H groups in total. The van der Waals surface area contributed by atoms with Crippen molar-refractivity contribution in [1.82, 2.24) is 15.2 Å². The number of fused-ring (bicyclic) bond motifs is 2. The maximum Gasteiger partial charge on any atom is 0.253 e. The molecule has 0 amide bonds. The number of aromatic amines is 1. The number of hydrogen-bond acceptors (Lipinski definition) is 4. The van der Waals surface area contributed by atoms with Crippen molar-refractivity contribution in [2.45, 2.75) is 45.2 Å². The van der Waals surface area contributed by atoms with E-state index < -0.39 is 0 Å². The Morgan fingerprint density at radius 2 is 2.00 bits per heavy atom. The number of H-pyrrole nitrogens is 1. The molecule has 0 unspecified atom stereocenters. The van der Waals surface area contributed by atoms with Crippen molar-refractivity contribution < 1.29 is 9.47 Å². The van der Waals surface area contributed by atoms with Crippen LogP contribution in [0.25, 0.3) is 10.9 Å². The summed E-state index contributed by atoms with van der Waals surface area (Å²) in [6.07, 6.45) is 4.67. The van der Waals surface area contributed by atoms with Crippen molar-refractivity contribution >= 4 is 28.2 Å².